The summed E-state index contributed by atoms with van der Waals surface area (Å²) in [5.74, 6) is 0.708. The van der Waals surface area contributed by atoms with E-state index in [1.807, 2.05) is 0 Å². The molecule has 0 spiro atoms. The van der Waals surface area contributed by atoms with Crippen LogP contribution in [0.4, 0.5) is 10.1 Å². The number of ketones is 1. The summed E-state index contributed by atoms with van der Waals surface area (Å²) in [6, 6.07) is 8.71. The standard InChI is InChI=1S/C22H21FN2O5S2/c1-28-18-8-15(9-19(29-2)21(18)30-3)24-20(27)10-16-11-31-22(25-16)32-12-17(26)13-4-6-14(23)7-5-13/h4-9,11H,10,12H2,1-3H3,(H,24,27). The lowest BCUT2D eigenvalue weighted by Crippen LogP contribution is -2.15. The maximum atomic E-state index is 13.0. The van der Waals surface area contributed by atoms with Gasteiger partial charge in [0.15, 0.2) is 21.6 Å². The Labute approximate surface area is 192 Å². The average molecular weight is 477 g/mol. The Bertz CT molecular complexity index is 1080. The molecule has 1 heterocycles. The van der Waals surface area contributed by atoms with Crippen molar-refractivity contribution in [2.24, 2.45) is 0 Å². The first kappa shape index (κ1) is 23.6. The Morgan fingerprint density at radius 3 is 2.31 bits per heavy atom. The van der Waals surface area contributed by atoms with Gasteiger partial charge in [0, 0.05) is 28.8 Å². The van der Waals surface area contributed by atoms with E-state index in [1.165, 1.54) is 68.7 Å². The van der Waals surface area contributed by atoms with Crippen LogP contribution < -0.4 is 19.5 Å². The van der Waals surface area contributed by atoms with Crippen molar-refractivity contribution in [2.75, 3.05) is 32.4 Å². The number of benzene rings is 2. The minimum absolute atomic E-state index is 0.0691. The summed E-state index contributed by atoms with van der Waals surface area (Å²) in [5, 5.41) is 4.57. The van der Waals surface area contributed by atoms with Crippen LogP contribution in [0.5, 0.6) is 17.2 Å². The molecule has 0 bridgehead atoms. The molecule has 0 unspecified atom stereocenters. The number of rotatable bonds is 10. The summed E-state index contributed by atoms with van der Waals surface area (Å²) in [7, 11) is 4.50. The molecular formula is C22H21FN2O5S2. The third-order valence-corrected chi connectivity index (χ3v) is 6.38. The number of nitrogens with one attached hydrogen (secondary N) is 1. The molecule has 0 saturated heterocycles. The van der Waals surface area contributed by atoms with Crippen LogP contribution in [-0.2, 0) is 11.2 Å². The van der Waals surface area contributed by atoms with E-state index in [1.54, 1.807) is 17.5 Å². The van der Waals surface area contributed by atoms with Crippen LogP contribution in [0.15, 0.2) is 46.1 Å². The van der Waals surface area contributed by atoms with Crippen molar-refractivity contribution >= 4 is 40.5 Å². The first-order valence-electron chi connectivity index (χ1n) is 9.39. The number of anilines is 1. The molecule has 0 atom stereocenters. The number of thiazole rings is 1. The molecular weight excluding hydrogens is 455 g/mol. The fraction of sp³-hybridized carbons (Fsp3) is 0.227. The fourth-order valence-corrected chi connectivity index (χ4v) is 4.54. The van der Waals surface area contributed by atoms with Crippen molar-refractivity contribution in [1.82, 2.24) is 4.98 Å². The largest absolute Gasteiger partial charge is 0.493 e. The zero-order valence-corrected chi connectivity index (χ0v) is 19.3. The predicted molar refractivity (Wildman–Crippen MR) is 122 cm³/mol. The van der Waals surface area contributed by atoms with Gasteiger partial charge >= 0.3 is 0 Å². The highest BCUT2D eigenvalue weighted by Gasteiger charge is 2.16. The maximum absolute atomic E-state index is 13.0. The lowest BCUT2D eigenvalue weighted by Gasteiger charge is -2.14. The quantitative estimate of drug-likeness (QED) is 0.341. The molecule has 0 aliphatic carbocycles. The monoisotopic (exact) mass is 476 g/mol. The van der Waals surface area contributed by atoms with Crippen molar-refractivity contribution in [3.05, 3.63) is 58.9 Å². The molecule has 1 aromatic heterocycles. The third-order valence-electron chi connectivity index (χ3n) is 4.31. The van der Waals surface area contributed by atoms with E-state index in [2.05, 4.69) is 10.3 Å². The summed E-state index contributed by atoms with van der Waals surface area (Å²) in [4.78, 5) is 29.1. The van der Waals surface area contributed by atoms with Gasteiger partial charge in [-0.3, -0.25) is 9.59 Å². The first-order valence-corrected chi connectivity index (χ1v) is 11.3. The molecule has 168 valence electrons. The summed E-state index contributed by atoms with van der Waals surface area (Å²) < 4.78 is 29.5. The van der Waals surface area contributed by atoms with Crippen LogP contribution in [0.1, 0.15) is 16.1 Å². The zero-order valence-electron chi connectivity index (χ0n) is 17.6. The van der Waals surface area contributed by atoms with Crippen molar-refractivity contribution in [3.8, 4) is 17.2 Å². The number of Topliss-reactive ketones (excluding diaryl/α,β-unsaturated/α-hetero) is 1. The number of carbonyl (C=O) groups excluding carboxylic acids is 2. The number of ether oxygens (including phenoxy) is 3. The van der Waals surface area contributed by atoms with Crippen LogP contribution in [0, 0.1) is 5.82 Å². The minimum Gasteiger partial charge on any atom is -0.493 e. The molecule has 0 aliphatic heterocycles. The second kappa shape index (κ2) is 11.0. The van der Waals surface area contributed by atoms with Crippen LogP contribution in [0.2, 0.25) is 0 Å². The molecule has 0 radical (unpaired) electrons. The highest BCUT2D eigenvalue weighted by molar-refractivity contribution is 8.01. The molecule has 0 saturated carbocycles. The van der Waals surface area contributed by atoms with Gasteiger partial charge < -0.3 is 19.5 Å². The van der Waals surface area contributed by atoms with E-state index in [0.29, 0.717) is 38.5 Å². The van der Waals surface area contributed by atoms with E-state index in [4.69, 9.17) is 14.2 Å². The molecule has 3 rings (SSSR count). The Balaban J connectivity index is 1.57. The molecule has 0 aliphatic rings. The number of carbonyl (C=O) groups is 2. The number of halogens is 1. The van der Waals surface area contributed by atoms with Gasteiger partial charge in [0.05, 0.1) is 39.2 Å². The Morgan fingerprint density at radius 1 is 1.06 bits per heavy atom. The Kier molecular flexibility index (Phi) is 8.07. The minimum atomic E-state index is -0.386. The number of hydrogen-bond donors (Lipinski definition) is 1. The van der Waals surface area contributed by atoms with Gasteiger partial charge in [-0.05, 0) is 24.3 Å². The SMILES string of the molecule is COc1cc(NC(=O)Cc2csc(SCC(=O)c3ccc(F)cc3)n2)cc(OC)c1OC. The number of nitrogens with zero attached hydrogens (tertiary/aromatic N) is 1. The van der Waals surface area contributed by atoms with Crippen molar-refractivity contribution in [1.29, 1.82) is 0 Å². The van der Waals surface area contributed by atoms with Crippen LogP contribution >= 0.6 is 23.1 Å². The molecule has 3 aromatic rings. The summed E-state index contributed by atoms with van der Waals surface area (Å²) >= 11 is 2.64. The van der Waals surface area contributed by atoms with E-state index in [0.717, 1.165) is 0 Å². The molecule has 1 amide bonds. The second-order valence-corrected chi connectivity index (χ2v) is 8.54. The molecule has 1 N–H and O–H groups in total. The summed E-state index contributed by atoms with van der Waals surface area (Å²) in [6.07, 6.45) is 0.0691. The van der Waals surface area contributed by atoms with Gasteiger partial charge in [0.2, 0.25) is 11.7 Å². The molecule has 2 aromatic carbocycles. The average Bonchev–Trinajstić information content (AvgIpc) is 3.24. The topological polar surface area (TPSA) is 86.8 Å². The van der Waals surface area contributed by atoms with Gasteiger partial charge in [-0.1, -0.05) is 11.8 Å². The normalized spacial score (nSPS) is 10.5. The molecule has 0 fully saturated rings. The van der Waals surface area contributed by atoms with Crippen LogP contribution in [0.3, 0.4) is 0 Å². The summed E-state index contributed by atoms with van der Waals surface area (Å²) in [6.45, 7) is 0. The van der Waals surface area contributed by atoms with Gasteiger partial charge in [0.1, 0.15) is 5.82 Å². The number of thioether (sulfide) groups is 1. The van der Waals surface area contributed by atoms with E-state index >= 15 is 0 Å². The summed E-state index contributed by atoms with van der Waals surface area (Å²) in [5.41, 5.74) is 1.54. The number of aromatic nitrogens is 1. The highest BCUT2D eigenvalue weighted by atomic mass is 32.2. The van der Waals surface area contributed by atoms with Crippen molar-refractivity contribution < 1.29 is 28.2 Å². The Morgan fingerprint density at radius 2 is 1.72 bits per heavy atom. The maximum Gasteiger partial charge on any atom is 0.230 e. The van der Waals surface area contributed by atoms with Gasteiger partial charge in [0.25, 0.3) is 0 Å². The highest BCUT2D eigenvalue weighted by Crippen LogP contribution is 2.40. The first-order chi connectivity index (χ1) is 15.4. The van der Waals surface area contributed by atoms with Crippen molar-refractivity contribution in [2.45, 2.75) is 10.8 Å². The Hall–Kier alpha value is -3.11. The van der Waals surface area contributed by atoms with E-state index < -0.39 is 0 Å². The number of amides is 1. The molecule has 10 heteroatoms. The number of methoxy groups -OCH3 is 3. The fourth-order valence-electron chi connectivity index (χ4n) is 2.81. The van der Waals surface area contributed by atoms with Crippen molar-refractivity contribution in [3.63, 3.8) is 0 Å². The number of hydrogen-bond acceptors (Lipinski definition) is 8. The van der Waals surface area contributed by atoms with Gasteiger partial charge in [-0.25, -0.2) is 9.37 Å². The lowest BCUT2D eigenvalue weighted by atomic mass is 10.1. The lowest BCUT2D eigenvalue weighted by molar-refractivity contribution is -0.115. The predicted octanol–water partition coefficient (Wildman–Crippen LogP) is 4.46. The third kappa shape index (κ3) is 5.98. The van der Waals surface area contributed by atoms with Gasteiger partial charge in [-0.15, -0.1) is 11.3 Å². The second-order valence-electron chi connectivity index (χ2n) is 6.46. The van der Waals surface area contributed by atoms with E-state index in [-0.39, 0.29) is 29.7 Å². The van der Waals surface area contributed by atoms with Crippen LogP contribution in [-0.4, -0.2) is 43.8 Å². The van der Waals surface area contributed by atoms with Gasteiger partial charge in [-0.2, -0.15) is 0 Å². The zero-order chi connectivity index (χ0) is 23.1. The smallest absolute Gasteiger partial charge is 0.230 e. The molecule has 32 heavy (non-hydrogen) atoms. The van der Waals surface area contributed by atoms with Crippen LogP contribution in [0.25, 0.3) is 0 Å². The van der Waals surface area contributed by atoms with E-state index in [9.17, 15) is 14.0 Å². The molecule has 7 nitrogen and oxygen atoms in total.